The Morgan fingerprint density at radius 3 is 1.89 bits per heavy atom. The molecule has 0 aromatic rings. The SMILES string of the molecule is CCCCCCCCCC(OCC)OCCCC. The molecule has 0 aromatic carbocycles. The molecule has 0 radical (unpaired) electrons. The molecule has 0 fully saturated rings. The van der Waals surface area contributed by atoms with Gasteiger partial charge >= 0.3 is 0 Å². The van der Waals surface area contributed by atoms with Gasteiger partial charge in [0.15, 0.2) is 6.29 Å². The highest BCUT2D eigenvalue weighted by molar-refractivity contribution is 4.50. The second-order valence-corrected chi connectivity index (χ2v) is 5.02. The van der Waals surface area contributed by atoms with Gasteiger partial charge in [0, 0.05) is 13.2 Å². The Morgan fingerprint density at radius 1 is 0.667 bits per heavy atom. The van der Waals surface area contributed by atoms with Crippen LogP contribution in [0.25, 0.3) is 0 Å². The van der Waals surface area contributed by atoms with Gasteiger partial charge in [0.2, 0.25) is 0 Å². The van der Waals surface area contributed by atoms with E-state index in [1.807, 2.05) is 6.92 Å². The summed E-state index contributed by atoms with van der Waals surface area (Å²) in [4.78, 5) is 0. The Balaban J connectivity index is 3.39. The minimum Gasteiger partial charge on any atom is -0.353 e. The molecular weight excluding hydrogens is 224 g/mol. The van der Waals surface area contributed by atoms with E-state index in [-0.39, 0.29) is 6.29 Å². The molecule has 0 amide bonds. The second kappa shape index (κ2) is 15.0. The summed E-state index contributed by atoms with van der Waals surface area (Å²) in [5.74, 6) is 0. The highest BCUT2D eigenvalue weighted by Gasteiger charge is 2.07. The first-order valence-corrected chi connectivity index (χ1v) is 8.08. The van der Waals surface area contributed by atoms with Gasteiger partial charge in [0.05, 0.1) is 0 Å². The van der Waals surface area contributed by atoms with Gasteiger partial charge in [0.1, 0.15) is 0 Å². The van der Waals surface area contributed by atoms with Crippen molar-refractivity contribution in [3.05, 3.63) is 0 Å². The van der Waals surface area contributed by atoms with Gasteiger partial charge in [0.25, 0.3) is 0 Å². The minimum absolute atomic E-state index is 0.0391. The standard InChI is InChI=1S/C16H34O2/c1-4-7-9-10-11-12-13-14-16(17-6-3)18-15-8-5-2/h16H,4-15H2,1-3H3. The highest BCUT2D eigenvalue weighted by atomic mass is 16.7. The van der Waals surface area contributed by atoms with E-state index in [4.69, 9.17) is 9.47 Å². The van der Waals surface area contributed by atoms with Crippen molar-refractivity contribution >= 4 is 0 Å². The Bertz CT molecular complexity index is 148. The van der Waals surface area contributed by atoms with Crippen molar-refractivity contribution in [2.45, 2.75) is 91.3 Å². The molecule has 0 bridgehead atoms. The smallest absolute Gasteiger partial charge is 0.157 e. The third kappa shape index (κ3) is 12.4. The molecule has 18 heavy (non-hydrogen) atoms. The molecule has 110 valence electrons. The molecule has 0 saturated carbocycles. The Morgan fingerprint density at radius 2 is 1.28 bits per heavy atom. The summed E-state index contributed by atoms with van der Waals surface area (Å²) in [6, 6.07) is 0. The lowest BCUT2D eigenvalue weighted by atomic mass is 10.1. The molecule has 0 saturated heterocycles. The fourth-order valence-corrected chi connectivity index (χ4v) is 2.03. The predicted molar refractivity (Wildman–Crippen MR) is 78.9 cm³/mol. The van der Waals surface area contributed by atoms with Gasteiger partial charge in [-0.2, -0.15) is 0 Å². The first-order chi connectivity index (χ1) is 8.85. The summed E-state index contributed by atoms with van der Waals surface area (Å²) in [7, 11) is 0. The minimum atomic E-state index is 0.0391. The lowest BCUT2D eigenvalue weighted by Gasteiger charge is -2.17. The Kier molecular flexibility index (Phi) is 14.9. The number of rotatable bonds is 14. The summed E-state index contributed by atoms with van der Waals surface area (Å²) in [5, 5.41) is 0. The zero-order valence-electron chi connectivity index (χ0n) is 12.9. The van der Waals surface area contributed by atoms with Gasteiger partial charge in [-0.15, -0.1) is 0 Å². The largest absolute Gasteiger partial charge is 0.353 e. The van der Waals surface area contributed by atoms with E-state index < -0.39 is 0 Å². The van der Waals surface area contributed by atoms with Crippen molar-refractivity contribution in [2.75, 3.05) is 13.2 Å². The van der Waals surface area contributed by atoms with Crippen molar-refractivity contribution < 1.29 is 9.47 Å². The summed E-state index contributed by atoms with van der Waals surface area (Å²) < 4.78 is 11.4. The van der Waals surface area contributed by atoms with Crippen LogP contribution in [0, 0.1) is 0 Å². The molecule has 1 atom stereocenters. The van der Waals surface area contributed by atoms with Crippen LogP contribution < -0.4 is 0 Å². The van der Waals surface area contributed by atoms with E-state index in [0.717, 1.165) is 26.1 Å². The van der Waals surface area contributed by atoms with Gasteiger partial charge in [-0.05, 0) is 26.2 Å². The van der Waals surface area contributed by atoms with E-state index in [9.17, 15) is 0 Å². The van der Waals surface area contributed by atoms with E-state index in [2.05, 4.69) is 13.8 Å². The maximum absolute atomic E-state index is 5.75. The average molecular weight is 258 g/mol. The number of hydrogen-bond donors (Lipinski definition) is 0. The van der Waals surface area contributed by atoms with Crippen LogP contribution in [0.15, 0.2) is 0 Å². The quantitative estimate of drug-likeness (QED) is 0.311. The predicted octanol–water partition coefficient (Wildman–Crippen LogP) is 5.31. The van der Waals surface area contributed by atoms with Crippen molar-refractivity contribution in [3.8, 4) is 0 Å². The molecule has 0 rings (SSSR count). The van der Waals surface area contributed by atoms with Crippen molar-refractivity contribution in [3.63, 3.8) is 0 Å². The summed E-state index contributed by atoms with van der Waals surface area (Å²) in [5.41, 5.74) is 0. The van der Waals surface area contributed by atoms with Crippen molar-refractivity contribution in [2.24, 2.45) is 0 Å². The second-order valence-electron chi connectivity index (χ2n) is 5.02. The summed E-state index contributed by atoms with van der Waals surface area (Å²) in [6.07, 6.45) is 12.9. The van der Waals surface area contributed by atoms with Crippen LogP contribution in [0.2, 0.25) is 0 Å². The Labute approximate surface area is 114 Å². The third-order valence-electron chi connectivity index (χ3n) is 3.20. The monoisotopic (exact) mass is 258 g/mol. The molecule has 0 aliphatic carbocycles. The van der Waals surface area contributed by atoms with Crippen molar-refractivity contribution in [1.82, 2.24) is 0 Å². The fourth-order valence-electron chi connectivity index (χ4n) is 2.03. The van der Waals surface area contributed by atoms with Crippen LogP contribution in [0.1, 0.15) is 85.0 Å². The maximum Gasteiger partial charge on any atom is 0.157 e. The zero-order chi connectivity index (χ0) is 13.5. The van der Waals surface area contributed by atoms with Crippen LogP contribution in [-0.2, 0) is 9.47 Å². The van der Waals surface area contributed by atoms with Crippen molar-refractivity contribution in [1.29, 1.82) is 0 Å². The van der Waals surface area contributed by atoms with Gasteiger partial charge in [-0.25, -0.2) is 0 Å². The highest BCUT2D eigenvalue weighted by Crippen LogP contribution is 2.12. The van der Waals surface area contributed by atoms with E-state index in [0.29, 0.717) is 0 Å². The lowest BCUT2D eigenvalue weighted by Crippen LogP contribution is -2.18. The Hall–Kier alpha value is -0.0800. The zero-order valence-corrected chi connectivity index (χ0v) is 12.9. The molecule has 1 unspecified atom stereocenters. The molecule has 2 nitrogen and oxygen atoms in total. The van der Waals surface area contributed by atoms with E-state index >= 15 is 0 Å². The summed E-state index contributed by atoms with van der Waals surface area (Å²) in [6.45, 7) is 8.10. The molecule has 0 spiro atoms. The molecule has 0 heterocycles. The normalized spacial score (nSPS) is 12.8. The topological polar surface area (TPSA) is 18.5 Å². The van der Waals surface area contributed by atoms with Crippen LogP contribution in [0.5, 0.6) is 0 Å². The lowest BCUT2D eigenvalue weighted by molar-refractivity contribution is -0.144. The van der Waals surface area contributed by atoms with Gasteiger partial charge < -0.3 is 9.47 Å². The van der Waals surface area contributed by atoms with E-state index in [1.54, 1.807) is 0 Å². The fraction of sp³-hybridized carbons (Fsp3) is 1.00. The van der Waals surface area contributed by atoms with Crippen LogP contribution in [0.3, 0.4) is 0 Å². The average Bonchev–Trinajstić information content (AvgIpc) is 2.38. The molecular formula is C16H34O2. The number of unbranched alkanes of at least 4 members (excludes halogenated alkanes) is 7. The maximum atomic E-state index is 5.75. The first kappa shape index (κ1) is 17.9. The molecule has 2 heteroatoms. The number of ether oxygens (including phenoxy) is 2. The molecule has 0 N–H and O–H groups in total. The van der Waals surface area contributed by atoms with Crippen LogP contribution in [-0.4, -0.2) is 19.5 Å². The third-order valence-corrected chi connectivity index (χ3v) is 3.20. The summed E-state index contributed by atoms with van der Waals surface area (Å²) >= 11 is 0. The van der Waals surface area contributed by atoms with Gasteiger partial charge in [-0.1, -0.05) is 58.8 Å². The molecule has 0 aromatic heterocycles. The number of hydrogen-bond acceptors (Lipinski definition) is 2. The van der Waals surface area contributed by atoms with E-state index in [1.165, 1.54) is 51.4 Å². The van der Waals surface area contributed by atoms with Gasteiger partial charge in [-0.3, -0.25) is 0 Å². The first-order valence-electron chi connectivity index (χ1n) is 8.08. The van der Waals surface area contributed by atoms with Crippen LogP contribution >= 0.6 is 0 Å². The molecule has 0 aliphatic rings. The molecule has 0 aliphatic heterocycles. The van der Waals surface area contributed by atoms with Crippen LogP contribution in [0.4, 0.5) is 0 Å².